The van der Waals surface area contributed by atoms with Gasteiger partial charge in [0.2, 0.25) is 0 Å². The van der Waals surface area contributed by atoms with Crippen molar-refractivity contribution in [1.29, 1.82) is 0 Å². The Kier molecular flexibility index (Phi) is 4.87. The zero-order chi connectivity index (χ0) is 18.1. The zero-order valence-corrected chi connectivity index (χ0v) is 15.0. The molecule has 3 rings (SSSR count). The lowest BCUT2D eigenvalue weighted by molar-refractivity contribution is 0.0941. The molecule has 0 aliphatic rings. The van der Waals surface area contributed by atoms with Crippen LogP contribution in [-0.4, -0.2) is 15.7 Å². The van der Waals surface area contributed by atoms with Crippen molar-refractivity contribution in [3.8, 4) is 11.3 Å². The van der Waals surface area contributed by atoms with Gasteiger partial charge < -0.3 is 5.32 Å². The van der Waals surface area contributed by atoms with Gasteiger partial charge in [0.25, 0.3) is 5.91 Å². The number of hydrogen-bond acceptors (Lipinski definition) is 3. The normalized spacial score (nSPS) is 12.2. The van der Waals surface area contributed by atoms with Crippen LogP contribution in [0, 0.1) is 11.6 Å². The van der Waals surface area contributed by atoms with Crippen molar-refractivity contribution >= 4 is 28.8 Å². The lowest BCUT2D eigenvalue weighted by atomic mass is 10.1. The lowest BCUT2D eigenvalue weighted by Gasteiger charge is -2.12. The van der Waals surface area contributed by atoms with Crippen LogP contribution in [0.1, 0.15) is 28.2 Å². The number of halogens is 3. The number of benzene rings is 1. The number of hydrogen-bond donors (Lipinski definition) is 1. The smallest absolute Gasteiger partial charge is 0.255 e. The fraction of sp³-hybridized carbons (Fsp3) is 0.176. The number of rotatable bonds is 4. The van der Waals surface area contributed by atoms with E-state index in [0.717, 1.165) is 17.0 Å². The highest BCUT2D eigenvalue weighted by molar-refractivity contribution is 7.16. The van der Waals surface area contributed by atoms with E-state index in [2.05, 4.69) is 10.4 Å². The van der Waals surface area contributed by atoms with Gasteiger partial charge in [-0.15, -0.1) is 11.3 Å². The molecule has 0 radical (unpaired) electrons. The minimum Gasteiger partial charge on any atom is -0.345 e. The van der Waals surface area contributed by atoms with Crippen LogP contribution >= 0.6 is 22.9 Å². The summed E-state index contributed by atoms with van der Waals surface area (Å²) in [6.45, 7) is 1.83. The quantitative estimate of drug-likeness (QED) is 0.719. The minimum absolute atomic E-state index is 0.0685. The Bertz CT molecular complexity index is 938. The van der Waals surface area contributed by atoms with Crippen molar-refractivity contribution in [2.24, 2.45) is 7.05 Å². The molecule has 0 aliphatic carbocycles. The van der Waals surface area contributed by atoms with Gasteiger partial charge >= 0.3 is 0 Å². The average Bonchev–Trinajstić information content (AvgIpc) is 3.13. The summed E-state index contributed by atoms with van der Waals surface area (Å²) in [4.78, 5) is 13.5. The highest BCUT2D eigenvalue weighted by Gasteiger charge is 2.22. The molecule has 1 atom stereocenters. The van der Waals surface area contributed by atoms with Crippen molar-refractivity contribution in [2.45, 2.75) is 13.0 Å². The minimum atomic E-state index is -0.772. The van der Waals surface area contributed by atoms with E-state index in [0.29, 0.717) is 4.34 Å². The summed E-state index contributed by atoms with van der Waals surface area (Å²) in [6.07, 6.45) is 1.50. The molecule has 1 aromatic carbocycles. The first-order valence-corrected chi connectivity index (χ1v) is 8.59. The predicted octanol–water partition coefficient (Wildman–Crippen LogP) is 4.57. The third-order valence-electron chi connectivity index (χ3n) is 3.63. The number of thiophene rings is 1. The summed E-state index contributed by atoms with van der Waals surface area (Å²) < 4.78 is 29.3. The van der Waals surface area contributed by atoms with Crippen LogP contribution in [-0.2, 0) is 7.05 Å². The van der Waals surface area contributed by atoms with Crippen LogP contribution in [0.3, 0.4) is 0 Å². The fourth-order valence-electron chi connectivity index (χ4n) is 2.44. The van der Waals surface area contributed by atoms with E-state index in [1.807, 2.05) is 13.0 Å². The van der Waals surface area contributed by atoms with E-state index < -0.39 is 17.5 Å². The number of aromatic nitrogens is 2. The van der Waals surface area contributed by atoms with Crippen molar-refractivity contribution < 1.29 is 13.6 Å². The first-order chi connectivity index (χ1) is 11.8. The maximum Gasteiger partial charge on any atom is 0.255 e. The summed E-state index contributed by atoms with van der Waals surface area (Å²) in [5, 5.41) is 6.99. The van der Waals surface area contributed by atoms with E-state index in [-0.39, 0.29) is 22.9 Å². The molecule has 130 valence electrons. The van der Waals surface area contributed by atoms with Gasteiger partial charge in [-0.1, -0.05) is 11.6 Å². The topological polar surface area (TPSA) is 46.9 Å². The van der Waals surface area contributed by atoms with Gasteiger partial charge in [-0.05, 0) is 31.2 Å². The van der Waals surface area contributed by atoms with Crippen LogP contribution in [0.2, 0.25) is 4.34 Å². The third kappa shape index (κ3) is 3.72. The summed E-state index contributed by atoms with van der Waals surface area (Å²) in [6, 6.07) is 6.49. The monoisotopic (exact) mass is 381 g/mol. The molecule has 4 nitrogen and oxygen atoms in total. The van der Waals surface area contributed by atoms with Gasteiger partial charge in [-0.2, -0.15) is 5.10 Å². The highest BCUT2D eigenvalue weighted by Crippen LogP contribution is 2.28. The average molecular weight is 382 g/mol. The summed E-state index contributed by atoms with van der Waals surface area (Å²) in [5.74, 6) is -1.86. The zero-order valence-electron chi connectivity index (χ0n) is 13.4. The molecule has 3 aromatic rings. The molecule has 2 heterocycles. The largest absolute Gasteiger partial charge is 0.345 e. The molecule has 0 bridgehead atoms. The Balaban J connectivity index is 1.91. The van der Waals surface area contributed by atoms with Gasteiger partial charge in [0.1, 0.15) is 17.3 Å². The van der Waals surface area contributed by atoms with E-state index in [1.165, 1.54) is 28.3 Å². The van der Waals surface area contributed by atoms with Crippen LogP contribution < -0.4 is 5.32 Å². The Morgan fingerprint density at radius 3 is 2.72 bits per heavy atom. The molecule has 0 saturated heterocycles. The number of amides is 1. The lowest BCUT2D eigenvalue weighted by Crippen LogP contribution is -2.26. The standard InChI is InChI=1S/C17H14ClF2N3OS/c1-9(14-5-6-15(18)25-14)21-17(24)12-8-23(2)22-16(12)11-4-3-10(19)7-13(11)20/h3-9H,1-2H3,(H,21,24). The van der Waals surface area contributed by atoms with Gasteiger partial charge in [-0.3, -0.25) is 9.48 Å². The van der Waals surface area contributed by atoms with Crippen LogP contribution in [0.15, 0.2) is 36.5 Å². The molecular weight excluding hydrogens is 368 g/mol. The number of carbonyl (C=O) groups excluding carboxylic acids is 1. The molecule has 25 heavy (non-hydrogen) atoms. The number of nitrogens with one attached hydrogen (secondary N) is 1. The van der Waals surface area contributed by atoms with E-state index in [9.17, 15) is 13.6 Å². The molecule has 1 unspecified atom stereocenters. The molecule has 0 aliphatic heterocycles. The van der Waals surface area contributed by atoms with E-state index >= 15 is 0 Å². The first-order valence-electron chi connectivity index (χ1n) is 7.40. The summed E-state index contributed by atoms with van der Waals surface area (Å²) in [7, 11) is 1.63. The molecule has 0 saturated carbocycles. The maximum absolute atomic E-state index is 14.1. The van der Waals surface area contributed by atoms with Crippen LogP contribution in [0.4, 0.5) is 8.78 Å². The van der Waals surface area contributed by atoms with Crippen molar-refractivity contribution in [2.75, 3.05) is 0 Å². The second-order valence-corrected chi connectivity index (χ2v) is 7.27. The Morgan fingerprint density at radius 1 is 1.32 bits per heavy atom. The van der Waals surface area contributed by atoms with Gasteiger partial charge in [0.15, 0.2) is 0 Å². The first kappa shape index (κ1) is 17.6. The molecule has 0 fully saturated rings. The van der Waals surface area contributed by atoms with Gasteiger partial charge in [0, 0.05) is 29.8 Å². The molecule has 8 heteroatoms. The second kappa shape index (κ2) is 6.93. The van der Waals surface area contributed by atoms with E-state index in [1.54, 1.807) is 13.1 Å². The molecule has 1 amide bonds. The summed E-state index contributed by atoms with van der Waals surface area (Å²) in [5.41, 5.74) is 0.440. The van der Waals surface area contributed by atoms with Gasteiger partial charge in [-0.25, -0.2) is 8.78 Å². The SMILES string of the molecule is CC(NC(=O)c1cn(C)nc1-c1ccc(F)cc1F)c1ccc(Cl)s1. The third-order valence-corrected chi connectivity index (χ3v) is 5.04. The Hall–Kier alpha value is -2.25. The predicted molar refractivity (Wildman–Crippen MR) is 93.8 cm³/mol. The molecule has 2 aromatic heterocycles. The second-order valence-electron chi connectivity index (χ2n) is 5.53. The number of nitrogens with zero attached hydrogens (tertiary/aromatic N) is 2. The van der Waals surface area contributed by atoms with Crippen molar-refractivity contribution in [3.05, 3.63) is 62.9 Å². The van der Waals surface area contributed by atoms with Crippen molar-refractivity contribution in [3.63, 3.8) is 0 Å². The van der Waals surface area contributed by atoms with Crippen molar-refractivity contribution in [1.82, 2.24) is 15.1 Å². The maximum atomic E-state index is 14.1. The Morgan fingerprint density at radius 2 is 2.08 bits per heavy atom. The molecular formula is C17H14ClF2N3OS. The molecule has 1 N–H and O–H groups in total. The number of carbonyl (C=O) groups is 1. The molecule has 0 spiro atoms. The summed E-state index contributed by atoms with van der Waals surface area (Å²) >= 11 is 7.29. The van der Waals surface area contributed by atoms with Gasteiger partial charge in [0.05, 0.1) is 15.9 Å². The highest BCUT2D eigenvalue weighted by atomic mass is 35.5. The number of aryl methyl sites for hydroxylation is 1. The fourth-order valence-corrected chi connectivity index (χ4v) is 3.50. The van der Waals surface area contributed by atoms with E-state index in [4.69, 9.17) is 11.6 Å². The van der Waals surface area contributed by atoms with Crippen LogP contribution in [0.25, 0.3) is 11.3 Å². The van der Waals surface area contributed by atoms with Crippen LogP contribution in [0.5, 0.6) is 0 Å². The Labute approximate surface area is 152 Å².